The van der Waals surface area contributed by atoms with Crippen molar-refractivity contribution in [1.29, 1.82) is 5.26 Å². The van der Waals surface area contributed by atoms with Crippen molar-refractivity contribution in [2.75, 3.05) is 49.4 Å². The molecule has 0 bridgehead atoms. The Balaban J connectivity index is 0.934. The van der Waals surface area contributed by atoms with Crippen molar-refractivity contribution >= 4 is 63.7 Å². The minimum absolute atomic E-state index is 0.0562. The molecule has 0 unspecified atom stereocenters. The van der Waals surface area contributed by atoms with Gasteiger partial charge in [-0.15, -0.1) is 11.3 Å². The molecular formula is C47H52F4N8O7S2. The lowest BCUT2D eigenvalue weighted by molar-refractivity contribution is -0.144. The van der Waals surface area contributed by atoms with Gasteiger partial charge in [0.15, 0.2) is 10.9 Å². The summed E-state index contributed by atoms with van der Waals surface area (Å²) in [6.07, 6.45) is -2.70. The Morgan fingerprint density at radius 1 is 1.03 bits per heavy atom. The second-order valence-corrected chi connectivity index (χ2v) is 19.0. The number of hydrogen-bond donors (Lipinski definition) is 2. The average molecular weight is 981 g/mol. The van der Waals surface area contributed by atoms with E-state index in [-0.39, 0.29) is 55.8 Å². The highest BCUT2D eigenvalue weighted by Gasteiger charge is 2.52. The predicted molar refractivity (Wildman–Crippen MR) is 249 cm³/mol. The number of pyridine rings is 1. The van der Waals surface area contributed by atoms with Gasteiger partial charge in [0.25, 0.3) is 5.91 Å². The van der Waals surface area contributed by atoms with Gasteiger partial charge in [-0.3, -0.25) is 24.1 Å². The van der Waals surface area contributed by atoms with E-state index in [4.69, 9.17) is 31.7 Å². The molecule has 4 aromatic rings. The van der Waals surface area contributed by atoms with E-state index in [1.165, 1.54) is 31.0 Å². The number of anilines is 2. The van der Waals surface area contributed by atoms with Crippen LogP contribution in [0.3, 0.4) is 0 Å². The number of nitrogens with zero attached hydrogens (tertiary/aromatic N) is 6. The number of thiocarbonyl (C=S) groups is 1. The van der Waals surface area contributed by atoms with E-state index in [9.17, 15) is 32.3 Å². The van der Waals surface area contributed by atoms with Crippen LogP contribution >= 0.6 is 23.6 Å². The van der Waals surface area contributed by atoms with Crippen LogP contribution in [0.25, 0.3) is 10.4 Å². The minimum Gasteiger partial charge on any atom is -0.475 e. The molecule has 2 saturated heterocycles. The van der Waals surface area contributed by atoms with Crippen LogP contribution < -0.4 is 25.2 Å². The zero-order valence-electron chi connectivity index (χ0n) is 38.6. The van der Waals surface area contributed by atoms with Crippen molar-refractivity contribution in [2.45, 2.75) is 91.7 Å². The predicted octanol–water partition coefficient (Wildman–Crippen LogP) is 7.02. The molecular weight excluding hydrogens is 929 g/mol. The van der Waals surface area contributed by atoms with E-state index >= 15 is 4.39 Å². The number of alkyl halides is 3. The first-order chi connectivity index (χ1) is 32.1. The maximum atomic E-state index is 15.4. The summed E-state index contributed by atoms with van der Waals surface area (Å²) in [6, 6.07) is 11.0. The Labute approximate surface area is 400 Å². The lowest BCUT2D eigenvalue weighted by Crippen LogP contribution is -2.58. The number of carbonyl (C=O) groups is 4. The molecule has 4 heterocycles. The lowest BCUT2D eigenvalue weighted by Gasteiger charge is -2.35. The lowest BCUT2D eigenvalue weighted by atomic mass is 9.85. The van der Waals surface area contributed by atoms with Gasteiger partial charge in [-0.2, -0.15) is 18.4 Å². The van der Waals surface area contributed by atoms with Gasteiger partial charge < -0.3 is 34.6 Å². The number of nitrogens with one attached hydrogen (secondary N) is 2. The molecule has 2 atom stereocenters. The largest absolute Gasteiger partial charge is 0.475 e. The van der Waals surface area contributed by atoms with Crippen LogP contribution in [0.15, 0.2) is 54.2 Å². The highest BCUT2D eigenvalue weighted by Crippen LogP contribution is 2.42. The van der Waals surface area contributed by atoms with Crippen LogP contribution in [0, 0.1) is 36.4 Å². The molecule has 2 fully saturated rings. The fourth-order valence-corrected chi connectivity index (χ4v) is 9.26. The summed E-state index contributed by atoms with van der Waals surface area (Å²) in [5.74, 6) is -3.48. The molecule has 2 aromatic carbocycles. The molecule has 6 rings (SSSR count). The topological polar surface area (TPSA) is 179 Å². The van der Waals surface area contributed by atoms with E-state index in [1.54, 1.807) is 34.7 Å². The number of thiazole rings is 1. The van der Waals surface area contributed by atoms with Gasteiger partial charge in [-0.05, 0) is 87.5 Å². The molecule has 2 aliphatic heterocycles. The maximum Gasteiger partial charge on any atom is 0.420 e. The van der Waals surface area contributed by atoms with Crippen molar-refractivity contribution in [3.8, 4) is 22.4 Å². The van der Waals surface area contributed by atoms with E-state index in [2.05, 4.69) is 20.6 Å². The summed E-state index contributed by atoms with van der Waals surface area (Å²) >= 11 is 7.09. The average Bonchev–Trinajstić information content (AvgIpc) is 3.99. The van der Waals surface area contributed by atoms with Gasteiger partial charge in [0.1, 0.15) is 36.4 Å². The molecule has 21 heteroatoms. The number of hydrogen-bond acceptors (Lipinski definition) is 12. The number of benzene rings is 2. The molecule has 2 aromatic heterocycles. The number of amides is 4. The summed E-state index contributed by atoms with van der Waals surface area (Å²) in [6.45, 7) is 12.8. The normalized spacial score (nSPS) is 16.5. The first-order valence-electron chi connectivity index (χ1n) is 21.7. The molecule has 4 amide bonds. The van der Waals surface area contributed by atoms with Crippen molar-refractivity contribution in [1.82, 2.24) is 25.5 Å². The molecule has 0 radical (unpaired) electrons. The van der Waals surface area contributed by atoms with E-state index in [0.29, 0.717) is 42.1 Å². The Morgan fingerprint density at radius 2 is 1.72 bits per heavy atom. The third-order valence-electron chi connectivity index (χ3n) is 11.5. The molecule has 0 aliphatic carbocycles. The molecule has 0 saturated carbocycles. The molecule has 2 N–H and O–H groups in total. The zero-order chi connectivity index (χ0) is 49.7. The molecule has 68 heavy (non-hydrogen) atoms. The Morgan fingerprint density at radius 3 is 2.35 bits per heavy atom. The summed E-state index contributed by atoms with van der Waals surface area (Å²) in [4.78, 5) is 67.2. The number of carbonyl (C=O) groups excluding carboxylic acids is 4. The Hall–Kier alpha value is -6.08. The molecule has 0 spiro atoms. The monoisotopic (exact) mass is 980 g/mol. The van der Waals surface area contributed by atoms with Crippen LogP contribution in [-0.2, 0) is 41.4 Å². The minimum atomic E-state index is -5.21. The van der Waals surface area contributed by atoms with Crippen LogP contribution in [0.4, 0.5) is 28.9 Å². The van der Waals surface area contributed by atoms with Crippen LogP contribution in [0.2, 0.25) is 0 Å². The number of rotatable bonds is 17. The van der Waals surface area contributed by atoms with E-state index in [0.717, 1.165) is 33.8 Å². The van der Waals surface area contributed by atoms with Crippen molar-refractivity contribution in [2.24, 2.45) is 5.41 Å². The maximum absolute atomic E-state index is 15.4. The third kappa shape index (κ3) is 11.3. The summed E-state index contributed by atoms with van der Waals surface area (Å²) < 4.78 is 73.6. The second-order valence-electron chi connectivity index (χ2n) is 17.8. The van der Waals surface area contributed by atoms with Gasteiger partial charge >= 0.3 is 6.18 Å². The Bertz CT molecular complexity index is 2590. The molecule has 362 valence electrons. The van der Waals surface area contributed by atoms with Gasteiger partial charge in [-0.25, -0.2) is 14.4 Å². The molecule has 15 nitrogen and oxygen atoms in total. The highest BCUT2D eigenvalue weighted by atomic mass is 32.1. The number of likely N-dealkylation sites (tertiary alicyclic amines) is 1. The van der Waals surface area contributed by atoms with Crippen molar-refractivity contribution in [3.63, 3.8) is 0 Å². The van der Waals surface area contributed by atoms with Gasteiger partial charge in [-0.1, -0.05) is 45.0 Å². The third-order valence-corrected chi connectivity index (χ3v) is 12.8. The van der Waals surface area contributed by atoms with Crippen LogP contribution in [0.5, 0.6) is 5.88 Å². The quantitative estimate of drug-likeness (QED) is 0.0629. The Kier molecular flexibility index (Phi) is 15.9. The standard InChI is InChI=1S/C47H52F4N8O7S2/c1-27-21-32(59-44(67)58(43(63)46(59,6)7)33-15-14-31(22-52)36(37(33)48)47(49,50)51)24-54-41(27)66-20-19-64-17-18-65-25-35(60)56-39(45(3,4)5)42(62)57-16-8-9-34(57)40(61)53-23-29-10-12-30(13-11-29)38-28(2)55-26-68-38/h10-15,21,24,26,34,39H,8-9,16-20,23,25H2,1-7H3,(H,53,61)(H,56,60)/t34-,39+/m0/s1. The van der Waals surface area contributed by atoms with Crippen molar-refractivity contribution in [3.05, 3.63) is 87.9 Å². The second kappa shape index (κ2) is 21.1. The van der Waals surface area contributed by atoms with Crippen LogP contribution in [0.1, 0.15) is 75.4 Å². The number of ether oxygens (including phenoxy) is 3. The van der Waals surface area contributed by atoms with Gasteiger partial charge in [0.2, 0.25) is 23.6 Å². The summed E-state index contributed by atoms with van der Waals surface area (Å²) in [5.41, 5.74) is -0.0692. The van der Waals surface area contributed by atoms with Crippen molar-refractivity contribution < 1.29 is 51.0 Å². The molecule has 2 aliphatic rings. The fourth-order valence-electron chi connectivity index (χ4n) is 7.93. The van der Waals surface area contributed by atoms with Crippen LogP contribution in [-0.4, -0.2) is 101 Å². The number of aromatic nitrogens is 2. The zero-order valence-corrected chi connectivity index (χ0v) is 40.2. The van der Waals surface area contributed by atoms with E-state index in [1.807, 2.05) is 52.0 Å². The SMILES string of the molecule is Cc1cc(N2C(=S)N(c3ccc(C#N)c(C(F)(F)F)c3F)C(=O)C2(C)C)cnc1OCCOCCOCC(=O)N[C@H](C(=O)N1CCC[C@H]1C(=O)NCc1ccc(-c2scnc2C)cc1)C(C)(C)C. The van der Waals surface area contributed by atoms with Gasteiger partial charge in [0, 0.05) is 18.7 Å². The number of nitriles is 1. The first-order valence-corrected chi connectivity index (χ1v) is 23.0. The first kappa shape index (κ1) is 51.3. The number of aryl methyl sites for hydroxylation is 2. The fraction of sp³-hybridized carbons (Fsp3) is 0.447. The van der Waals surface area contributed by atoms with Gasteiger partial charge in [0.05, 0.1) is 65.1 Å². The van der Waals surface area contributed by atoms with E-state index < -0.39 is 63.7 Å². The number of halogens is 4. The smallest absolute Gasteiger partial charge is 0.420 e. The highest BCUT2D eigenvalue weighted by molar-refractivity contribution is 7.81. The summed E-state index contributed by atoms with van der Waals surface area (Å²) in [5, 5.41) is 14.7. The summed E-state index contributed by atoms with van der Waals surface area (Å²) in [7, 11) is 0.